The molecular weight excluding hydrogens is 308 g/mol. The SMILES string of the molecule is CC(C)c1nc(CNC(=O)c2cc3ccccc3cc2O)cs1. The summed E-state index contributed by atoms with van der Waals surface area (Å²) in [4.78, 5) is 16.8. The maximum atomic E-state index is 12.3. The van der Waals surface area contributed by atoms with Gasteiger partial charge in [0.2, 0.25) is 0 Å². The highest BCUT2D eigenvalue weighted by molar-refractivity contribution is 7.09. The predicted octanol–water partition coefficient (Wildman–Crippen LogP) is 4.06. The number of hydrogen-bond donors (Lipinski definition) is 2. The van der Waals surface area contributed by atoms with E-state index in [4.69, 9.17) is 0 Å². The number of hydrogen-bond acceptors (Lipinski definition) is 4. The summed E-state index contributed by atoms with van der Waals surface area (Å²) in [5.74, 6) is 0.0729. The number of aromatic hydroxyl groups is 1. The molecule has 0 unspecified atom stereocenters. The lowest BCUT2D eigenvalue weighted by Gasteiger charge is -2.07. The van der Waals surface area contributed by atoms with Gasteiger partial charge in [-0.05, 0) is 22.9 Å². The number of benzene rings is 2. The lowest BCUT2D eigenvalue weighted by Crippen LogP contribution is -2.23. The smallest absolute Gasteiger partial charge is 0.255 e. The first-order valence-corrected chi connectivity index (χ1v) is 8.37. The van der Waals surface area contributed by atoms with Gasteiger partial charge in [-0.25, -0.2) is 4.98 Å². The van der Waals surface area contributed by atoms with Gasteiger partial charge in [-0.2, -0.15) is 0 Å². The minimum atomic E-state index is -0.299. The molecule has 0 aliphatic heterocycles. The fraction of sp³-hybridized carbons (Fsp3) is 0.222. The lowest BCUT2D eigenvalue weighted by molar-refractivity contribution is 0.0948. The van der Waals surface area contributed by atoms with Crippen LogP contribution in [-0.4, -0.2) is 16.0 Å². The van der Waals surface area contributed by atoms with Crippen LogP contribution >= 0.6 is 11.3 Å². The van der Waals surface area contributed by atoms with Crippen LogP contribution in [0.5, 0.6) is 5.75 Å². The van der Waals surface area contributed by atoms with Crippen LogP contribution in [0.3, 0.4) is 0 Å². The van der Waals surface area contributed by atoms with Gasteiger partial charge in [0.1, 0.15) is 5.75 Å². The summed E-state index contributed by atoms with van der Waals surface area (Å²) in [6.07, 6.45) is 0. The predicted molar refractivity (Wildman–Crippen MR) is 93.0 cm³/mol. The van der Waals surface area contributed by atoms with Gasteiger partial charge in [0.15, 0.2) is 0 Å². The van der Waals surface area contributed by atoms with E-state index in [-0.39, 0.29) is 17.2 Å². The van der Waals surface area contributed by atoms with Gasteiger partial charge in [0.05, 0.1) is 22.8 Å². The van der Waals surface area contributed by atoms with Crippen molar-refractivity contribution < 1.29 is 9.90 Å². The van der Waals surface area contributed by atoms with Crippen LogP contribution in [0.2, 0.25) is 0 Å². The van der Waals surface area contributed by atoms with E-state index >= 15 is 0 Å². The number of aromatic nitrogens is 1. The number of carbonyl (C=O) groups excluding carboxylic acids is 1. The van der Waals surface area contributed by atoms with Crippen molar-refractivity contribution in [3.63, 3.8) is 0 Å². The topological polar surface area (TPSA) is 62.2 Å². The van der Waals surface area contributed by atoms with Crippen LogP contribution in [0.25, 0.3) is 10.8 Å². The standard InChI is InChI=1S/C18H18N2O2S/c1-11(2)18-20-14(10-23-18)9-19-17(22)15-7-12-5-3-4-6-13(12)8-16(15)21/h3-8,10-11,21H,9H2,1-2H3,(H,19,22). The second kappa shape index (κ2) is 6.38. The Bertz CT molecular complexity index is 855. The quantitative estimate of drug-likeness (QED) is 0.760. The number of carbonyl (C=O) groups is 1. The molecule has 3 rings (SSSR count). The Labute approximate surface area is 138 Å². The van der Waals surface area contributed by atoms with Crippen LogP contribution in [0.1, 0.15) is 40.8 Å². The molecule has 0 atom stereocenters. The van der Waals surface area contributed by atoms with Gasteiger partial charge >= 0.3 is 0 Å². The zero-order chi connectivity index (χ0) is 16.4. The van der Waals surface area contributed by atoms with Gasteiger partial charge in [0, 0.05) is 11.3 Å². The van der Waals surface area contributed by atoms with Gasteiger partial charge in [-0.15, -0.1) is 11.3 Å². The average molecular weight is 326 g/mol. The summed E-state index contributed by atoms with van der Waals surface area (Å²) < 4.78 is 0. The van der Waals surface area contributed by atoms with Crippen LogP contribution in [0, 0.1) is 0 Å². The largest absolute Gasteiger partial charge is 0.507 e. The summed E-state index contributed by atoms with van der Waals surface area (Å²) in [6.45, 7) is 4.54. The molecule has 0 bridgehead atoms. The van der Waals surface area contributed by atoms with Gasteiger partial charge in [0.25, 0.3) is 5.91 Å². The first-order valence-electron chi connectivity index (χ1n) is 7.49. The maximum absolute atomic E-state index is 12.3. The molecule has 23 heavy (non-hydrogen) atoms. The molecule has 1 aromatic heterocycles. The number of phenols is 1. The highest BCUT2D eigenvalue weighted by Gasteiger charge is 2.13. The Hall–Kier alpha value is -2.40. The Morgan fingerprint density at radius 1 is 1.26 bits per heavy atom. The molecule has 0 radical (unpaired) electrons. The molecule has 2 aromatic carbocycles. The Kier molecular flexibility index (Phi) is 4.30. The summed E-state index contributed by atoms with van der Waals surface area (Å²) in [6, 6.07) is 10.9. The second-order valence-corrected chi connectivity index (χ2v) is 6.62. The average Bonchev–Trinajstić information content (AvgIpc) is 3.01. The van der Waals surface area contributed by atoms with E-state index in [1.165, 1.54) is 0 Å². The molecule has 0 spiro atoms. The fourth-order valence-electron chi connectivity index (χ4n) is 2.35. The van der Waals surface area contributed by atoms with Crippen molar-refractivity contribution in [1.29, 1.82) is 0 Å². The molecule has 1 heterocycles. The Balaban J connectivity index is 1.76. The number of fused-ring (bicyclic) bond motifs is 1. The van der Waals surface area contributed by atoms with Gasteiger partial charge < -0.3 is 10.4 Å². The van der Waals surface area contributed by atoms with Crippen molar-refractivity contribution in [1.82, 2.24) is 10.3 Å². The minimum Gasteiger partial charge on any atom is -0.507 e. The molecule has 0 saturated carbocycles. The maximum Gasteiger partial charge on any atom is 0.255 e. The third-order valence-corrected chi connectivity index (χ3v) is 4.80. The van der Waals surface area contributed by atoms with E-state index in [1.54, 1.807) is 23.5 Å². The minimum absolute atomic E-state index is 0.0117. The summed E-state index contributed by atoms with van der Waals surface area (Å²) in [5, 5.41) is 17.7. The van der Waals surface area contributed by atoms with Crippen molar-refractivity contribution >= 4 is 28.0 Å². The first-order chi connectivity index (χ1) is 11.0. The number of phenolic OH excluding ortho intramolecular Hbond substituents is 1. The summed E-state index contributed by atoms with van der Waals surface area (Å²) in [5.41, 5.74) is 1.12. The van der Waals surface area contributed by atoms with E-state index in [1.807, 2.05) is 29.6 Å². The molecule has 0 aliphatic rings. The molecule has 4 nitrogen and oxygen atoms in total. The number of amides is 1. The third kappa shape index (κ3) is 3.35. The van der Waals surface area contributed by atoms with Crippen LogP contribution in [-0.2, 0) is 6.54 Å². The number of rotatable bonds is 4. The van der Waals surface area contributed by atoms with E-state index in [0.29, 0.717) is 12.5 Å². The Morgan fingerprint density at radius 3 is 2.61 bits per heavy atom. The van der Waals surface area contributed by atoms with Crippen molar-refractivity contribution in [3.8, 4) is 5.75 Å². The molecule has 118 valence electrons. The van der Waals surface area contributed by atoms with Gasteiger partial charge in [-0.3, -0.25) is 4.79 Å². The molecule has 0 aliphatic carbocycles. The molecule has 5 heteroatoms. The number of nitrogens with one attached hydrogen (secondary N) is 1. The van der Waals surface area contributed by atoms with E-state index in [9.17, 15) is 9.90 Å². The number of thiazole rings is 1. The lowest BCUT2D eigenvalue weighted by atomic mass is 10.1. The zero-order valence-electron chi connectivity index (χ0n) is 13.0. The molecular formula is C18H18N2O2S. The zero-order valence-corrected chi connectivity index (χ0v) is 13.9. The molecule has 2 N–H and O–H groups in total. The first kappa shape index (κ1) is 15.5. The highest BCUT2D eigenvalue weighted by Crippen LogP contribution is 2.25. The highest BCUT2D eigenvalue weighted by atomic mass is 32.1. The van der Waals surface area contributed by atoms with Crippen LogP contribution < -0.4 is 5.32 Å². The molecule has 3 aromatic rings. The van der Waals surface area contributed by atoms with Crippen molar-refractivity contribution in [2.45, 2.75) is 26.3 Å². The summed E-state index contributed by atoms with van der Waals surface area (Å²) in [7, 11) is 0. The van der Waals surface area contributed by atoms with Gasteiger partial charge in [-0.1, -0.05) is 38.1 Å². The normalized spacial score (nSPS) is 11.1. The molecule has 0 fully saturated rings. The van der Waals surface area contributed by atoms with Crippen molar-refractivity contribution in [2.24, 2.45) is 0 Å². The third-order valence-electron chi connectivity index (χ3n) is 3.60. The van der Waals surface area contributed by atoms with E-state index in [2.05, 4.69) is 24.1 Å². The van der Waals surface area contributed by atoms with Crippen LogP contribution in [0.4, 0.5) is 0 Å². The van der Waals surface area contributed by atoms with Crippen molar-refractivity contribution in [3.05, 3.63) is 58.0 Å². The summed E-state index contributed by atoms with van der Waals surface area (Å²) >= 11 is 1.60. The van der Waals surface area contributed by atoms with Crippen LogP contribution in [0.15, 0.2) is 41.8 Å². The van der Waals surface area contributed by atoms with E-state index < -0.39 is 0 Å². The van der Waals surface area contributed by atoms with E-state index in [0.717, 1.165) is 21.5 Å². The van der Waals surface area contributed by atoms with Crippen molar-refractivity contribution in [2.75, 3.05) is 0 Å². The molecule has 1 amide bonds. The number of nitrogens with zero attached hydrogens (tertiary/aromatic N) is 1. The fourth-order valence-corrected chi connectivity index (χ4v) is 3.18. The second-order valence-electron chi connectivity index (χ2n) is 5.73. The monoisotopic (exact) mass is 326 g/mol. The molecule has 0 saturated heterocycles. The Morgan fingerprint density at radius 2 is 1.96 bits per heavy atom.